The van der Waals surface area contributed by atoms with Crippen molar-refractivity contribution in [1.82, 2.24) is 5.01 Å². The van der Waals surface area contributed by atoms with Gasteiger partial charge in [-0.2, -0.15) is 5.10 Å². The Balaban J connectivity index is 1.59. The van der Waals surface area contributed by atoms with Crippen LogP contribution in [0.1, 0.15) is 21.5 Å². The van der Waals surface area contributed by atoms with E-state index in [0.717, 1.165) is 11.1 Å². The van der Waals surface area contributed by atoms with Crippen LogP contribution in [0, 0.1) is 35.8 Å². The number of nitro benzene ring substituents is 1. The number of amides is 2. The maximum Gasteiger partial charge on any atom is 0.270 e. The first-order valence-electron chi connectivity index (χ1n) is 10.5. The highest BCUT2D eigenvalue weighted by atomic mass is 16.6. The van der Waals surface area contributed by atoms with Gasteiger partial charge in [-0.3, -0.25) is 29.5 Å². The predicted octanol–water partition coefficient (Wildman–Crippen LogP) is 2.81. The Morgan fingerprint density at radius 2 is 1.82 bits per heavy atom. The smallest absolute Gasteiger partial charge is 0.270 e. The van der Waals surface area contributed by atoms with Gasteiger partial charge in [-0.05, 0) is 31.6 Å². The second kappa shape index (κ2) is 7.47. The number of hydrogen-bond donors (Lipinski definition) is 0. The second-order valence-electron chi connectivity index (χ2n) is 8.49. The van der Waals surface area contributed by atoms with Crippen LogP contribution in [-0.4, -0.2) is 45.8 Å². The third-order valence-electron chi connectivity index (χ3n) is 6.49. The SMILES string of the molecule is Cc1ccc(N2C(=O)C3C(C2=O)C(C(=O)c2cccc([N+](=O)[O-])c2)N2N=CC=CC32)c(C)c1. The molecule has 3 heterocycles. The normalized spacial score (nSPS) is 25.4. The number of hydrazone groups is 1. The summed E-state index contributed by atoms with van der Waals surface area (Å²) in [4.78, 5) is 52.6. The third kappa shape index (κ3) is 3.07. The molecule has 33 heavy (non-hydrogen) atoms. The van der Waals surface area contributed by atoms with E-state index in [0.29, 0.717) is 5.69 Å². The molecule has 0 aromatic heterocycles. The van der Waals surface area contributed by atoms with Crippen LogP contribution < -0.4 is 4.90 Å². The molecular formula is C24H20N4O5. The van der Waals surface area contributed by atoms with Crippen molar-refractivity contribution in [1.29, 1.82) is 0 Å². The molecule has 2 amide bonds. The van der Waals surface area contributed by atoms with Crippen molar-refractivity contribution in [3.05, 3.63) is 81.4 Å². The molecule has 166 valence electrons. The zero-order chi connectivity index (χ0) is 23.4. The molecule has 5 rings (SSSR count). The predicted molar refractivity (Wildman–Crippen MR) is 120 cm³/mol. The van der Waals surface area contributed by atoms with Gasteiger partial charge >= 0.3 is 0 Å². The summed E-state index contributed by atoms with van der Waals surface area (Å²) in [5.41, 5.74) is 2.17. The van der Waals surface area contributed by atoms with E-state index in [1.165, 1.54) is 40.4 Å². The molecule has 0 aliphatic carbocycles. The minimum Gasteiger partial charge on any atom is -0.292 e. The summed E-state index contributed by atoms with van der Waals surface area (Å²) in [5, 5.41) is 17.0. The molecule has 9 nitrogen and oxygen atoms in total. The Morgan fingerprint density at radius 3 is 2.55 bits per heavy atom. The Kier molecular flexibility index (Phi) is 4.70. The fraction of sp³-hybridized carbons (Fsp3) is 0.250. The van der Waals surface area contributed by atoms with Gasteiger partial charge in [0.1, 0.15) is 6.04 Å². The molecule has 2 aromatic carbocycles. The summed E-state index contributed by atoms with van der Waals surface area (Å²) in [6, 6.07) is 9.26. The van der Waals surface area contributed by atoms with Crippen LogP contribution >= 0.6 is 0 Å². The Hall–Kier alpha value is -4.14. The lowest BCUT2D eigenvalue weighted by molar-refractivity contribution is -0.384. The van der Waals surface area contributed by atoms with Crippen LogP contribution in [-0.2, 0) is 9.59 Å². The van der Waals surface area contributed by atoms with E-state index < -0.39 is 40.5 Å². The van der Waals surface area contributed by atoms with Crippen molar-refractivity contribution in [3.63, 3.8) is 0 Å². The van der Waals surface area contributed by atoms with Crippen molar-refractivity contribution in [2.24, 2.45) is 16.9 Å². The minimum atomic E-state index is -1.05. The lowest BCUT2D eigenvalue weighted by Crippen LogP contribution is -2.46. The monoisotopic (exact) mass is 444 g/mol. The van der Waals surface area contributed by atoms with E-state index in [1.54, 1.807) is 18.2 Å². The maximum absolute atomic E-state index is 13.6. The molecular weight excluding hydrogens is 424 g/mol. The van der Waals surface area contributed by atoms with Crippen LogP contribution in [0.4, 0.5) is 11.4 Å². The summed E-state index contributed by atoms with van der Waals surface area (Å²) < 4.78 is 0. The highest BCUT2D eigenvalue weighted by molar-refractivity contribution is 6.25. The molecule has 3 aliphatic heterocycles. The van der Waals surface area contributed by atoms with Crippen LogP contribution in [0.5, 0.6) is 0 Å². The number of benzene rings is 2. The van der Waals surface area contributed by atoms with Gasteiger partial charge in [0.15, 0.2) is 5.78 Å². The van der Waals surface area contributed by atoms with E-state index in [2.05, 4.69) is 5.10 Å². The highest BCUT2D eigenvalue weighted by Gasteiger charge is 2.64. The first kappa shape index (κ1) is 20.7. The topological polar surface area (TPSA) is 113 Å². The van der Waals surface area contributed by atoms with Gasteiger partial charge in [0.05, 0.1) is 28.5 Å². The van der Waals surface area contributed by atoms with Crippen molar-refractivity contribution in [3.8, 4) is 0 Å². The first-order chi connectivity index (χ1) is 15.8. The van der Waals surface area contributed by atoms with E-state index in [1.807, 2.05) is 26.0 Å². The number of non-ortho nitro benzene ring substituents is 1. The highest BCUT2D eigenvalue weighted by Crippen LogP contribution is 2.46. The number of hydrogen-bond acceptors (Lipinski definition) is 7. The fourth-order valence-electron chi connectivity index (χ4n) is 5.07. The number of anilines is 1. The quantitative estimate of drug-likeness (QED) is 0.310. The number of nitro groups is 1. The van der Waals surface area contributed by atoms with Crippen LogP contribution in [0.3, 0.4) is 0 Å². The number of Topliss-reactive ketones (excluding diaryl/α,β-unsaturated/α-hetero) is 1. The summed E-state index contributed by atoms with van der Waals surface area (Å²) in [5.74, 6) is -3.04. The number of carbonyl (C=O) groups excluding carboxylic acids is 3. The summed E-state index contributed by atoms with van der Waals surface area (Å²) in [7, 11) is 0. The fourth-order valence-corrected chi connectivity index (χ4v) is 5.07. The summed E-state index contributed by atoms with van der Waals surface area (Å²) >= 11 is 0. The second-order valence-corrected chi connectivity index (χ2v) is 8.49. The van der Waals surface area contributed by atoms with Gasteiger partial charge < -0.3 is 0 Å². The van der Waals surface area contributed by atoms with Gasteiger partial charge in [-0.15, -0.1) is 0 Å². The van der Waals surface area contributed by atoms with Crippen LogP contribution in [0.25, 0.3) is 0 Å². The molecule has 0 saturated carbocycles. The minimum absolute atomic E-state index is 0.101. The van der Waals surface area contributed by atoms with Crippen LogP contribution in [0.15, 0.2) is 59.7 Å². The molecule has 2 saturated heterocycles. The number of ketones is 1. The molecule has 0 bridgehead atoms. The summed E-state index contributed by atoms with van der Waals surface area (Å²) in [6.45, 7) is 3.76. The number of fused-ring (bicyclic) bond motifs is 3. The third-order valence-corrected chi connectivity index (χ3v) is 6.49. The van der Waals surface area contributed by atoms with Crippen molar-refractivity contribution in [2.75, 3.05) is 4.90 Å². The van der Waals surface area contributed by atoms with E-state index in [9.17, 15) is 24.5 Å². The Morgan fingerprint density at radius 1 is 1.06 bits per heavy atom. The standard InChI is InChI=1S/C24H20N4O5/c1-13-8-9-17(14(2)11-13)26-23(30)19-18-7-4-10-25-27(18)21(20(19)24(26)31)22(29)15-5-3-6-16(12-15)28(32)33/h3-12,18-21H,1-2H3. The molecule has 0 N–H and O–H groups in total. The Labute approximate surface area is 189 Å². The van der Waals surface area contributed by atoms with Crippen molar-refractivity contribution in [2.45, 2.75) is 25.9 Å². The molecule has 4 atom stereocenters. The first-order valence-corrected chi connectivity index (χ1v) is 10.5. The van der Waals surface area contributed by atoms with Gasteiger partial charge in [0.25, 0.3) is 5.69 Å². The van der Waals surface area contributed by atoms with E-state index in [-0.39, 0.29) is 17.2 Å². The van der Waals surface area contributed by atoms with Crippen molar-refractivity contribution < 1.29 is 19.3 Å². The number of carbonyl (C=O) groups is 3. The van der Waals surface area contributed by atoms with Gasteiger partial charge in [0.2, 0.25) is 11.8 Å². The van der Waals surface area contributed by atoms with Gasteiger partial charge in [-0.25, -0.2) is 4.90 Å². The number of nitrogens with zero attached hydrogens (tertiary/aromatic N) is 4. The van der Waals surface area contributed by atoms with E-state index in [4.69, 9.17) is 0 Å². The Bertz CT molecular complexity index is 1280. The van der Waals surface area contributed by atoms with Gasteiger partial charge in [-0.1, -0.05) is 35.9 Å². The molecule has 2 aromatic rings. The van der Waals surface area contributed by atoms with Gasteiger partial charge in [0, 0.05) is 23.9 Å². The van der Waals surface area contributed by atoms with Crippen molar-refractivity contribution >= 4 is 35.2 Å². The molecule has 0 radical (unpaired) electrons. The largest absolute Gasteiger partial charge is 0.292 e. The number of imide groups is 1. The lowest BCUT2D eigenvalue weighted by Gasteiger charge is -2.30. The molecule has 4 unspecified atom stereocenters. The summed E-state index contributed by atoms with van der Waals surface area (Å²) in [6.07, 6.45) is 4.96. The average Bonchev–Trinajstić information content (AvgIpc) is 3.27. The number of rotatable bonds is 4. The molecule has 3 aliphatic rings. The molecule has 9 heteroatoms. The number of allylic oxidation sites excluding steroid dienone is 1. The lowest BCUT2D eigenvalue weighted by atomic mass is 9.86. The number of aryl methyl sites for hydroxylation is 2. The van der Waals surface area contributed by atoms with Crippen LogP contribution in [0.2, 0.25) is 0 Å². The van der Waals surface area contributed by atoms with E-state index >= 15 is 0 Å². The average molecular weight is 444 g/mol. The molecule has 0 spiro atoms. The zero-order valence-electron chi connectivity index (χ0n) is 17.9. The zero-order valence-corrected chi connectivity index (χ0v) is 17.9. The maximum atomic E-state index is 13.6. The molecule has 2 fully saturated rings.